The minimum atomic E-state index is -0.135. The van der Waals surface area contributed by atoms with Crippen LogP contribution in [0.15, 0.2) is 0 Å². The van der Waals surface area contributed by atoms with Crippen molar-refractivity contribution >= 4 is 0 Å². The zero-order chi connectivity index (χ0) is 10.4. The van der Waals surface area contributed by atoms with Gasteiger partial charge < -0.3 is 14.9 Å². The van der Waals surface area contributed by atoms with Crippen LogP contribution in [-0.2, 0) is 0 Å². The molecule has 0 bridgehead atoms. The van der Waals surface area contributed by atoms with Crippen molar-refractivity contribution in [3.8, 4) is 0 Å². The van der Waals surface area contributed by atoms with Crippen molar-refractivity contribution in [2.45, 2.75) is 32.3 Å². The van der Waals surface area contributed by atoms with Gasteiger partial charge in [-0.3, -0.25) is 0 Å². The van der Waals surface area contributed by atoms with Crippen LogP contribution in [0.2, 0.25) is 0 Å². The highest BCUT2D eigenvalue weighted by molar-refractivity contribution is 4.67. The van der Waals surface area contributed by atoms with Crippen molar-refractivity contribution in [2.75, 3.05) is 39.8 Å². The summed E-state index contributed by atoms with van der Waals surface area (Å²) >= 11 is 0. The Morgan fingerprint density at radius 3 is 2.71 bits per heavy atom. The molecule has 0 radical (unpaired) electrons. The van der Waals surface area contributed by atoms with E-state index in [1.807, 2.05) is 6.92 Å². The van der Waals surface area contributed by atoms with Gasteiger partial charge in [-0.15, -0.1) is 0 Å². The molecule has 0 saturated carbocycles. The Labute approximate surface area is 87.7 Å². The fourth-order valence-corrected chi connectivity index (χ4v) is 1.93. The quantitative estimate of drug-likeness (QED) is 0.726. The van der Waals surface area contributed by atoms with Gasteiger partial charge in [0.05, 0.1) is 6.10 Å². The van der Waals surface area contributed by atoms with Crippen LogP contribution in [0.3, 0.4) is 0 Å². The minimum absolute atomic E-state index is 0.135. The van der Waals surface area contributed by atoms with Gasteiger partial charge in [-0.25, -0.2) is 0 Å². The molecule has 1 fully saturated rings. The van der Waals surface area contributed by atoms with E-state index >= 15 is 0 Å². The van der Waals surface area contributed by atoms with E-state index in [1.165, 1.54) is 32.6 Å². The number of nitrogens with zero attached hydrogens (tertiary/aromatic N) is 2. The van der Waals surface area contributed by atoms with Crippen molar-refractivity contribution in [3.05, 3.63) is 0 Å². The summed E-state index contributed by atoms with van der Waals surface area (Å²) in [7, 11) is 2.19. The summed E-state index contributed by atoms with van der Waals surface area (Å²) in [6, 6.07) is 0. The Bertz CT molecular complexity index is 150. The van der Waals surface area contributed by atoms with Gasteiger partial charge in [0.25, 0.3) is 0 Å². The molecule has 1 rings (SSSR count). The average Bonchev–Trinajstić information content (AvgIpc) is 2.30. The molecule has 1 saturated heterocycles. The van der Waals surface area contributed by atoms with Gasteiger partial charge in [0.2, 0.25) is 0 Å². The first-order chi connectivity index (χ1) is 6.68. The lowest BCUT2D eigenvalue weighted by molar-refractivity contribution is 0.171. The Balaban J connectivity index is 2.11. The third-order valence-corrected chi connectivity index (χ3v) is 2.91. The lowest BCUT2D eigenvalue weighted by Crippen LogP contribution is -2.30. The van der Waals surface area contributed by atoms with E-state index in [9.17, 15) is 0 Å². The first-order valence-electron chi connectivity index (χ1n) is 5.77. The van der Waals surface area contributed by atoms with Crippen LogP contribution in [0.5, 0.6) is 0 Å². The van der Waals surface area contributed by atoms with E-state index in [2.05, 4.69) is 16.8 Å². The van der Waals surface area contributed by atoms with Crippen LogP contribution in [0.1, 0.15) is 26.2 Å². The summed E-state index contributed by atoms with van der Waals surface area (Å²) < 4.78 is 0. The molecule has 14 heavy (non-hydrogen) atoms. The van der Waals surface area contributed by atoms with Gasteiger partial charge in [-0.1, -0.05) is 0 Å². The maximum atomic E-state index is 9.15. The maximum Gasteiger partial charge on any atom is 0.0512 e. The van der Waals surface area contributed by atoms with Gasteiger partial charge in [0, 0.05) is 13.1 Å². The summed E-state index contributed by atoms with van der Waals surface area (Å²) in [5.41, 5.74) is 0. The van der Waals surface area contributed by atoms with E-state index in [0.29, 0.717) is 0 Å². The molecule has 1 atom stereocenters. The smallest absolute Gasteiger partial charge is 0.0512 e. The fraction of sp³-hybridized carbons (Fsp3) is 1.00. The summed E-state index contributed by atoms with van der Waals surface area (Å²) in [6.07, 6.45) is 3.21. The molecule has 0 aromatic carbocycles. The molecule has 1 heterocycles. The molecule has 1 N–H and O–H groups in total. The summed E-state index contributed by atoms with van der Waals surface area (Å²) in [4.78, 5) is 4.92. The molecule has 0 aromatic heterocycles. The van der Waals surface area contributed by atoms with Crippen LogP contribution in [0, 0.1) is 0 Å². The molecular formula is C11H24N2O. The maximum absolute atomic E-state index is 9.15. The van der Waals surface area contributed by atoms with E-state index in [0.717, 1.165) is 19.4 Å². The second-order valence-electron chi connectivity index (χ2n) is 4.49. The van der Waals surface area contributed by atoms with Gasteiger partial charge in [0.1, 0.15) is 0 Å². The minimum Gasteiger partial charge on any atom is -0.393 e. The molecule has 1 aliphatic rings. The Morgan fingerprint density at radius 1 is 1.21 bits per heavy atom. The Morgan fingerprint density at radius 2 is 2.00 bits per heavy atom. The zero-order valence-corrected chi connectivity index (χ0v) is 9.58. The first kappa shape index (κ1) is 12.0. The summed E-state index contributed by atoms with van der Waals surface area (Å²) in [6.45, 7) is 7.86. The second-order valence-corrected chi connectivity index (χ2v) is 4.49. The van der Waals surface area contributed by atoms with Crippen LogP contribution >= 0.6 is 0 Å². The third-order valence-electron chi connectivity index (χ3n) is 2.91. The van der Waals surface area contributed by atoms with Gasteiger partial charge in [0.15, 0.2) is 0 Å². The molecule has 0 amide bonds. The predicted octanol–water partition coefficient (Wildman–Crippen LogP) is 0.785. The van der Waals surface area contributed by atoms with Crippen molar-refractivity contribution in [1.29, 1.82) is 0 Å². The monoisotopic (exact) mass is 200 g/mol. The molecule has 84 valence electrons. The van der Waals surface area contributed by atoms with Crippen LogP contribution in [-0.4, -0.2) is 60.8 Å². The highest BCUT2D eigenvalue weighted by atomic mass is 16.3. The van der Waals surface area contributed by atoms with E-state index < -0.39 is 0 Å². The van der Waals surface area contributed by atoms with Crippen LogP contribution < -0.4 is 0 Å². The molecular weight excluding hydrogens is 176 g/mol. The number of likely N-dealkylation sites (N-methyl/N-ethyl adjacent to an activating group) is 1. The van der Waals surface area contributed by atoms with Crippen LogP contribution in [0.25, 0.3) is 0 Å². The molecule has 3 heteroatoms. The molecule has 1 aliphatic heterocycles. The predicted molar refractivity (Wildman–Crippen MR) is 59.5 cm³/mol. The first-order valence-corrected chi connectivity index (χ1v) is 5.77. The van der Waals surface area contributed by atoms with Gasteiger partial charge >= 0.3 is 0 Å². The highest BCUT2D eigenvalue weighted by Crippen LogP contribution is 2.04. The van der Waals surface area contributed by atoms with Crippen molar-refractivity contribution in [3.63, 3.8) is 0 Å². The lowest BCUT2D eigenvalue weighted by Gasteiger charge is -2.20. The summed E-state index contributed by atoms with van der Waals surface area (Å²) in [5.74, 6) is 0. The van der Waals surface area contributed by atoms with Gasteiger partial charge in [-0.2, -0.15) is 0 Å². The lowest BCUT2D eigenvalue weighted by atomic mass is 10.2. The SMILES string of the molecule is CC(O)CCCN1CCCN(C)CC1. The van der Waals surface area contributed by atoms with Crippen molar-refractivity contribution in [2.24, 2.45) is 0 Å². The largest absolute Gasteiger partial charge is 0.393 e. The molecule has 0 aliphatic carbocycles. The second kappa shape index (κ2) is 6.38. The number of hydrogen-bond donors (Lipinski definition) is 1. The topological polar surface area (TPSA) is 26.7 Å². The number of rotatable bonds is 4. The van der Waals surface area contributed by atoms with E-state index in [4.69, 9.17) is 5.11 Å². The van der Waals surface area contributed by atoms with Crippen molar-refractivity contribution in [1.82, 2.24) is 9.80 Å². The fourth-order valence-electron chi connectivity index (χ4n) is 1.93. The number of aliphatic hydroxyl groups excluding tert-OH is 1. The molecule has 1 unspecified atom stereocenters. The zero-order valence-electron chi connectivity index (χ0n) is 9.58. The summed E-state index contributed by atoms with van der Waals surface area (Å²) in [5, 5.41) is 9.15. The average molecular weight is 200 g/mol. The Hall–Kier alpha value is -0.120. The number of hydrogen-bond acceptors (Lipinski definition) is 3. The Kier molecular flexibility index (Phi) is 5.45. The molecule has 0 aromatic rings. The normalized spacial score (nSPS) is 23.4. The van der Waals surface area contributed by atoms with Gasteiger partial charge in [-0.05, 0) is 52.9 Å². The van der Waals surface area contributed by atoms with E-state index in [1.54, 1.807) is 0 Å². The third kappa shape index (κ3) is 4.94. The van der Waals surface area contributed by atoms with Crippen molar-refractivity contribution < 1.29 is 5.11 Å². The van der Waals surface area contributed by atoms with Crippen LogP contribution in [0.4, 0.5) is 0 Å². The highest BCUT2D eigenvalue weighted by Gasteiger charge is 2.11. The standard InChI is InChI=1S/C11H24N2O/c1-11(14)5-3-7-13-8-4-6-12(2)9-10-13/h11,14H,3-10H2,1-2H3. The molecule has 0 spiro atoms. The van der Waals surface area contributed by atoms with E-state index in [-0.39, 0.29) is 6.10 Å². The number of aliphatic hydroxyl groups is 1. The molecule has 3 nitrogen and oxygen atoms in total.